The van der Waals surface area contributed by atoms with E-state index in [0.29, 0.717) is 18.4 Å². The second-order valence-electron chi connectivity index (χ2n) is 6.25. The summed E-state index contributed by atoms with van der Waals surface area (Å²) in [6, 6.07) is 0.206. The maximum absolute atomic E-state index is 5.40. The molecule has 3 heterocycles. The number of hydrogen-bond acceptors (Lipinski definition) is 7. The summed E-state index contributed by atoms with van der Waals surface area (Å²) >= 11 is 0. The standard InChI is InChI=1S/C15H21N5O2/c1-2-4-12-16-13(21-18-12)9-20-8-3-5-11(20)14-17-15(22-19-14)10-6-7-10/h10-11H,2-9H2,1H3/t11-/m0/s1. The van der Waals surface area contributed by atoms with E-state index in [0.717, 1.165) is 49.8 Å². The van der Waals surface area contributed by atoms with E-state index in [4.69, 9.17) is 9.05 Å². The lowest BCUT2D eigenvalue weighted by molar-refractivity contribution is 0.202. The maximum Gasteiger partial charge on any atom is 0.240 e. The lowest BCUT2D eigenvalue weighted by Crippen LogP contribution is -2.23. The molecule has 7 nitrogen and oxygen atoms in total. The van der Waals surface area contributed by atoms with E-state index in [9.17, 15) is 0 Å². The molecule has 1 aliphatic carbocycles. The highest BCUT2D eigenvalue weighted by Gasteiger charge is 2.34. The zero-order valence-electron chi connectivity index (χ0n) is 12.9. The van der Waals surface area contributed by atoms with Crippen molar-refractivity contribution in [2.75, 3.05) is 6.54 Å². The van der Waals surface area contributed by atoms with Crippen LogP contribution in [0.5, 0.6) is 0 Å². The van der Waals surface area contributed by atoms with E-state index in [1.54, 1.807) is 0 Å². The Hall–Kier alpha value is -1.76. The fraction of sp³-hybridized carbons (Fsp3) is 0.733. The Labute approximate surface area is 129 Å². The summed E-state index contributed by atoms with van der Waals surface area (Å²) in [6.07, 6.45) is 6.44. The molecule has 2 aromatic rings. The lowest BCUT2D eigenvalue weighted by Gasteiger charge is -2.19. The number of aromatic nitrogens is 4. The third kappa shape index (κ3) is 2.77. The van der Waals surface area contributed by atoms with Crippen molar-refractivity contribution in [2.24, 2.45) is 0 Å². The molecule has 0 radical (unpaired) electrons. The Morgan fingerprint density at radius 1 is 1.14 bits per heavy atom. The summed E-state index contributed by atoms with van der Waals surface area (Å²) in [7, 11) is 0. The Bertz CT molecular complexity index is 633. The van der Waals surface area contributed by atoms with E-state index in [1.165, 1.54) is 12.8 Å². The van der Waals surface area contributed by atoms with E-state index in [2.05, 4.69) is 32.1 Å². The summed E-state index contributed by atoms with van der Waals surface area (Å²) in [4.78, 5) is 11.4. The minimum atomic E-state index is 0.206. The van der Waals surface area contributed by atoms with E-state index in [1.807, 2.05) is 0 Å². The van der Waals surface area contributed by atoms with Crippen LogP contribution in [0.1, 0.15) is 74.4 Å². The number of aryl methyl sites for hydroxylation is 1. The molecule has 1 atom stereocenters. The molecule has 1 saturated heterocycles. The van der Waals surface area contributed by atoms with E-state index >= 15 is 0 Å². The van der Waals surface area contributed by atoms with Crippen molar-refractivity contribution < 1.29 is 9.05 Å². The molecule has 0 bridgehead atoms. The van der Waals surface area contributed by atoms with Crippen LogP contribution in [0.25, 0.3) is 0 Å². The van der Waals surface area contributed by atoms with Crippen molar-refractivity contribution in [1.29, 1.82) is 0 Å². The van der Waals surface area contributed by atoms with Gasteiger partial charge in [0.05, 0.1) is 12.6 Å². The van der Waals surface area contributed by atoms with Crippen molar-refractivity contribution in [3.63, 3.8) is 0 Å². The van der Waals surface area contributed by atoms with Crippen molar-refractivity contribution in [3.8, 4) is 0 Å². The van der Waals surface area contributed by atoms with Gasteiger partial charge in [0.1, 0.15) is 0 Å². The Balaban J connectivity index is 1.45. The highest BCUT2D eigenvalue weighted by atomic mass is 16.5. The fourth-order valence-electron chi connectivity index (χ4n) is 3.04. The Morgan fingerprint density at radius 3 is 2.86 bits per heavy atom. The average molecular weight is 303 g/mol. The zero-order valence-corrected chi connectivity index (χ0v) is 12.9. The largest absolute Gasteiger partial charge is 0.339 e. The van der Waals surface area contributed by atoms with Crippen LogP contribution < -0.4 is 0 Å². The van der Waals surface area contributed by atoms with Crippen molar-refractivity contribution >= 4 is 0 Å². The molecule has 0 N–H and O–H groups in total. The fourth-order valence-corrected chi connectivity index (χ4v) is 3.04. The first-order chi connectivity index (χ1) is 10.8. The molecule has 2 aliphatic rings. The minimum absolute atomic E-state index is 0.206. The van der Waals surface area contributed by atoms with Crippen LogP contribution >= 0.6 is 0 Å². The molecule has 22 heavy (non-hydrogen) atoms. The number of hydrogen-bond donors (Lipinski definition) is 0. The van der Waals surface area contributed by atoms with E-state index < -0.39 is 0 Å². The smallest absolute Gasteiger partial charge is 0.240 e. The molecule has 7 heteroatoms. The molecule has 0 spiro atoms. The third-order valence-electron chi connectivity index (χ3n) is 4.37. The van der Waals surface area contributed by atoms with E-state index in [-0.39, 0.29) is 6.04 Å². The highest BCUT2D eigenvalue weighted by Crippen LogP contribution is 2.40. The molecule has 1 aliphatic heterocycles. The summed E-state index contributed by atoms with van der Waals surface area (Å²) in [6.45, 7) is 3.78. The quantitative estimate of drug-likeness (QED) is 0.811. The summed E-state index contributed by atoms with van der Waals surface area (Å²) in [5.41, 5.74) is 0. The molecule has 2 aromatic heterocycles. The lowest BCUT2D eigenvalue weighted by atomic mass is 10.2. The van der Waals surface area contributed by atoms with Gasteiger partial charge in [0.2, 0.25) is 11.8 Å². The van der Waals surface area contributed by atoms with Gasteiger partial charge in [-0.25, -0.2) is 0 Å². The topological polar surface area (TPSA) is 81.1 Å². The SMILES string of the molecule is CCCc1noc(CN2CCC[C@H]2c2noc(C3CC3)n2)n1. The normalized spacial score (nSPS) is 22.5. The van der Waals surface area contributed by atoms with Crippen molar-refractivity contribution in [2.45, 2.75) is 64.0 Å². The van der Waals surface area contributed by atoms with Gasteiger partial charge in [-0.05, 0) is 38.6 Å². The van der Waals surface area contributed by atoms with Crippen molar-refractivity contribution in [1.82, 2.24) is 25.2 Å². The molecular weight excluding hydrogens is 282 g/mol. The molecule has 4 rings (SSSR count). The van der Waals surface area contributed by atoms with Gasteiger partial charge in [0.25, 0.3) is 0 Å². The van der Waals surface area contributed by atoms with Crippen LogP contribution in [0.4, 0.5) is 0 Å². The Kier molecular flexibility index (Phi) is 3.65. The zero-order chi connectivity index (χ0) is 14.9. The first-order valence-corrected chi connectivity index (χ1v) is 8.22. The average Bonchev–Trinajstić information content (AvgIpc) is 2.92. The molecule has 0 unspecified atom stereocenters. The van der Waals surface area contributed by atoms with Crippen LogP contribution in [0.2, 0.25) is 0 Å². The molecule has 0 amide bonds. The molecular formula is C15H21N5O2. The van der Waals surface area contributed by atoms with Gasteiger partial charge in [-0.2, -0.15) is 9.97 Å². The number of likely N-dealkylation sites (tertiary alicyclic amines) is 1. The first-order valence-electron chi connectivity index (χ1n) is 8.22. The predicted octanol–water partition coefficient (Wildman–Crippen LogP) is 2.62. The molecule has 118 valence electrons. The van der Waals surface area contributed by atoms with Crippen LogP contribution in [-0.2, 0) is 13.0 Å². The summed E-state index contributed by atoms with van der Waals surface area (Å²) < 4.78 is 10.7. The predicted molar refractivity (Wildman–Crippen MR) is 77.0 cm³/mol. The molecule has 1 saturated carbocycles. The van der Waals surface area contributed by atoms with Gasteiger partial charge in [-0.15, -0.1) is 0 Å². The third-order valence-corrected chi connectivity index (χ3v) is 4.37. The van der Waals surface area contributed by atoms with Crippen LogP contribution in [0, 0.1) is 0 Å². The van der Waals surface area contributed by atoms with Crippen molar-refractivity contribution in [3.05, 3.63) is 23.4 Å². The number of rotatable bonds is 6. The van der Waals surface area contributed by atoms with Crippen LogP contribution in [0.3, 0.4) is 0 Å². The van der Waals surface area contributed by atoms with Crippen LogP contribution in [-0.4, -0.2) is 31.7 Å². The first kappa shape index (κ1) is 13.9. The van der Waals surface area contributed by atoms with Gasteiger partial charge < -0.3 is 9.05 Å². The van der Waals surface area contributed by atoms with Gasteiger partial charge in [0, 0.05) is 12.3 Å². The van der Waals surface area contributed by atoms with Gasteiger partial charge >= 0.3 is 0 Å². The summed E-state index contributed by atoms with van der Waals surface area (Å²) in [5, 5.41) is 8.21. The monoisotopic (exact) mass is 303 g/mol. The Morgan fingerprint density at radius 2 is 2.05 bits per heavy atom. The second kappa shape index (κ2) is 5.79. The van der Waals surface area contributed by atoms with Gasteiger partial charge in [-0.1, -0.05) is 17.2 Å². The van der Waals surface area contributed by atoms with Gasteiger partial charge in [-0.3, -0.25) is 4.90 Å². The minimum Gasteiger partial charge on any atom is -0.339 e. The second-order valence-corrected chi connectivity index (χ2v) is 6.25. The molecule has 0 aromatic carbocycles. The van der Waals surface area contributed by atoms with Gasteiger partial charge in [0.15, 0.2) is 11.6 Å². The molecule has 2 fully saturated rings. The summed E-state index contributed by atoms with van der Waals surface area (Å²) in [5.74, 6) is 3.60. The maximum atomic E-state index is 5.40. The number of nitrogens with zero attached hydrogens (tertiary/aromatic N) is 5. The highest BCUT2D eigenvalue weighted by molar-refractivity contribution is 5.05. The van der Waals surface area contributed by atoms with Crippen LogP contribution in [0.15, 0.2) is 9.05 Å².